The smallest absolute Gasteiger partial charge is 0.244 e. The molecule has 2 heterocycles. The van der Waals surface area contributed by atoms with Crippen LogP contribution in [0.4, 0.5) is 0 Å². The number of aryl methyl sites for hydroxylation is 1. The van der Waals surface area contributed by atoms with Gasteiger partial charge in [-0.1, -0.05) is 48.5 Å². The van der Waals surface area contributed by atoms with Gasteiger partial charge < -0.3 is 4.90 Å². The molecule has 0 N–H and O–H groups in total. The zero-order chi connectivity index (χ0) is 21.1. The minimum absolute atomic E-state index is 0.201. The number of hydrogen-bond acceptors (Lipinski definition) is 3. The summed E-state index contributed by atoms with van der Waals surface area (Å²) in [7, 11) is 2.05. The summed E-state index contributed by atoms with van der Waals surface area (Å²) >= 11 is 0. The molecule has 30 heavy (non-hydrogen) atoms. The first kappa shape index (κ1) is 20.4. The monoisotopic (exact) mass is 402 g/mol. The van der Waals surface area contributed by atoms with E-state index in [2.05, 4.69) is 43.0 Å². The number of carbonyl (C=O) groups excluding carboxylic acids is 1. The van der Waals surface area contributed by atoms with Crippen molar-refractivity contribution in [3.8, 4) is 5.69 Å². The molecule has 0 bridgehead atoms. The van der Waals surface area contributed by atoms with Crippen molar-refractivity contribution in [1.82, 2.24) is 19.6 Å². The van der Waals surface area contributed by atoms with Crippen LogP contribution in [0.15, 0.2) is 60.7 Å². The summed E-state index contributed by atoms with van der Waals surface area (Å²) in [5, 5.41) is 4.78. The number of carbonyl (C=O) groups is 1. The molecule has 0 radical (unpaired) electrons. The van der Waals surface area contributed by atoms with Crippen LogP contribution in [0.25, 0.3) is 5.69 Å². The van der Waals surface area contributed by atoms with Crippen LogP contribution in [0.3, 0.4) is 0 Å². The van der Waals surface area contributed by atoms with Gasteiger partial charge in [-0.25, -0.2) is 4.68 Å². The lowest BCUT2D eigenvalue weighted by atomic mass is 10.0. The zero-order valence-corrected chi connectivity index (χ0v) is 18.1. The lowest BCUT2D eigenvalue weighted by Gasteiger charge is -2.31. The molecule has 5 nitrogen and oxygen atoms in total. The predicted octanol–water partition coefficient (Wildman–Crippen LogP) is 4.28. The van der Waals surface area contributed by atoms with Crippen LogP contribution in [-0.4, -0.2) is 45.6 Å². The minimum atomic E-state index is -0.289. The van der Waals surface area contributed by atoms with Crippen LogP contribution in [0, 0.1) is 13.8 Å². The highest BCUT2D eigenvalue weighted by Crippen LogP contribution is 2.28. The molecule has 3 aromatic rings. The largest absolute Gasteiger partial charge is 0.341 e. The number of benzene rings is 2. The normalized spacial score (nSPS) is 15.0. The second kappa shape index (κ2) is 8.84. The Kier molecular flexibility index (Phi) is 6.00. The number of likely N-dealkylation sites (N-methyl/N-ethyl adjacent to an activating group) is 1. The fourth-order valence-corrected chi connectivity index (χ4v) is 4.40. The van der Waals surface area contributed by atoms with E-state index in [0.29, 0.717) is 6.54 Å². The number of likely N-dealkylation sites (tertiary alicyclic amines) is 1. The Morgan fingerprint density at radius 2 is 1.60 bits per heavy atom. The van der Waals surface area contributed by atoms with Crippen LogP contribution in [-0.2, 0) is 11.3 Å². The van der Waals surface area contributed by atoms with Crippen molar-refractivity contribution in [2.45, 2.75) is 39.3 Å². The maximum Gasteiger partial charge on any atom is 0.244 e. The molecule has 1 atom stereocenters. The fraction of sp³-hybridized carbons (Fsp3) is 0.360. The van der Waals surface area contributed by atoms with E-state index < -0.39 is 0 Å². The van der Waals surface area contributed by atoms with Gasteiger partial charge in [0.2, 0.25) is 5.91 Å². The molecule has 4 rings (SSSR count). The highest BCUT2D eigenvalue weighted by molar-refractivity contribution is 5.83. The summed E-state index contributed by atoms with van der Waals surface area (Å²) in [5.74, 6) is 0.201. The van der Waals surface area contributed by atoms with E-state index in [0.717, 1.165) is 48.6 Å². The van der Waals surface area contributed by atoms with Crippen molar-refractivity contribution in [2.24, 2.45) is 0 Å². The molecule has 0 saturated carbocycles. The van der Waals surface area contributed by atoms with Crippen LogP contribution >= 0.6 is 0 Å². The summed E-state index contributed by atoms with van der Waals surface area (Å²) in [6.45, 7) is 6.55. The van der Waals surface area contributed by atoms with E-state index >= 15 is 0 Å². The summed E-state index contributed by atoms with van der Waals surface area (Å²) in [6.07, 6.45) is 2.19. The standard InChI is InChI=1S/C25H30N4O/c1-19-23(20(2)29(26-19)22-14-8-5-9-15-22)18-27(3)24(21-12-6-4-7-13-21)25(30)28-16-10-11-17-28/h4-9,12-15,24H,10-11,16-18H2,1-3H3/t24-/m0/s1. The number of aromatic nitrogens is 2. The van der Waals surface area contributed by atoms with Gasteiger partial charge in [-0.05, 0) is 51.4 Å². The Bertz CT molecular complexity index is 991. The summed E-state index contributed by atoms with van der Waals surface area (Å²) in [4.78, 5) is 17.6. The van der Waals surface area contributed by atoms with Crippen molar-refractivity contribution < 1.29 is 4.79 Å². The molecular formula is C25H30N4O. The predicted molar refractivity (Wildman–Crippen MR) is 120 cm³/mol. The maximum absolute atomic E-state index is 13.4. The second-order valence-electron chi connectivity index (χ2n) is 8.16. The van der Waals surface area contributed by atoms with Gasteiger partial charge in [0.25, 0.3) is 0 Å². The first-order valence-electron chi connectivity index (χ1n) is 10.7. The lowest BCUT2D eigenvalue weighted by molar-refractivity contribution is -0.136. The van der Waals surface area contributed by atoms with Gasteiger partial charge in [0, 0.05) is 30.9 Å². The van der Waals surface area contributed by atoms with E-state index in [1.54, 1.807) is 0 Å². The molecule has 0 unspecified atom stereocenters. The molecule has 1 aliphatic heterocycles. The van der Waals surface area contributed by atoms with Crippen molar-refractivity contribution >= 4 is 5.91 Å². The highest BCUT2D eigenvalue weighted by Gasteiger charge is 2.31. The van der Waals surface area contributed by atoms with E-state index in [1.165, 1.54) is 5.56 Å². The van der Waals surface area contributed by atoms with E-state index in [4.69, 9.17) is 5.10 Å². The Labute approximate surface area is 178 Å². The number of nitrogens with zero attached hydrogens (tertiary/aromatic N) is 4. The molecule has 1 fully saturated rings. The molecule has 1 aromatic heterocycles. The molecule has 2 aromatic carbocycles. The molecule has 1 saturated heterocycles. The molecule has 1 amide bonds. The summed E-state index contributed by atoms with van der Waals surface area (Å²) < 4.78 is 2.00. The third-order valence-corrected chi connectivity index (χ3v) is 6.06. The number of hydrogen-bond donors (Lipinski definition) is 0. The van der Waals surface area contributed by atoms with Gasteiger partial charge in [0.15, 0.2) is 0 Å². The number of amides is 1. The van der Waals surface area contributed by atoms with Crippen LogP contribution in [0.5, 0.6) is 0 Å². The highest BCUT2D eigenvalue weighted by atomic mass is 16.2. The lowest BCUT2D eigenvalue weighted by Crippen LogP contribution is -2.40. The third kappa shape index (κ3) is 4.03. The molecule has 156 valence electrons. The fourth-order valence-electron chi connectivity index (χ4n) is 4.40. The van der Waals surface area contributed by atoms with Crippen LogP contribution in [0.2, 0.25) is 0 Å². The Balaban J connectivity index is 1.64. The topological polar surface area (TPSA) is 41.4 Å². The Morgan fingerprint density at radius 3 is 2.23 bits per heavy atom. The van der Waals surface area contributed by atoms with Crippen LogP contribution < -0.4 is 0 Å². The van der Waals surface area contributed by atoms with Gasteiger partial charge >= 0.3 is 0 Å². The van der Waals surface area contributed by atoms with Gasteiger partial charge in [0.05, 0.1) is 11.4 Å². The van der Waals surface area contributed by atoms with Crippen molar-refractivity contribution in [2.75, 3.05) is 20.1 Å². The maximum atomic E-state index is 13.4. The van der Waals surface area contributed by atoms with Gasteiger partial charge in [-0.15, -0.1) is 0 Å². The minimum Gasteiger partial charge on any atom is -0.341 e. The van der Waals surface area contributed by atoms with Crippen molar-refractivity contribution in [3.05, 3.63) is 83.2 Å². The average molecular weight is 403 g/mol. The number of rotatable bonds is 6. The van der Waals surface area contributed by atoms with Crippen molar-refractivity contribution in [1.29, 1.82) is 0 Å². The average Bonchev–Trinajstić information content (AvgIpc) is 3.40. The molecule has 0 spiro atoms. The SMILES string of the molecule is Cc1nn(-c2ccccc2)c(C)c1CN(C)[C@H](C(=O)N1CCCC1)c1ccccc1. The Hall–Kier alpha value is -2.92. The van der Waals surface area contributed by atoms with Crippen molar-refractivity contribution in [3.63, 3.8) is 0 Å². The van der Waals surface area contributed by atoms with Gasteiger partial charge in [0.1, 0.15) is 6.04 Å². The second-order valence-corrected chi connectivity index (χ2v) is 8.16. The first-order valence-corrected chi connectivity index (χ1v) is 10.7. The summed E-state index contributed by atoms with van der Waals surface area (Å²) in [5.41, 5.74) is 5.40. The molecular weight excluding hydrogens is 372 g/mol. The number of para-hydroxylation sites is 1. The van der Waals surface area contributed by atoms with E-state index in [1.807, 2.05) is 53.0 Å². The van der Waals surface area contributed by atoms with E-state index in [-0.39, 0.29) is 11.9 Å². The van der Waals surface area contributed by atoms with Gasteiger partial charge in [-0.2, -0.15) is 5.10 Å². The molecule has 5 heteroatoms. The molecule has 0 aliphatic carbocycles. The molecule has 1 aliphatic rings. The summed E-state index contributed by atoms with van der Waals surface area (Å²) in [6, 6.07) is 20.0. The third-order valence-electron chi connectivity index (χ3n) is 6.06. The zero-order valence-electron chi connectivity index (χ0n) is 18.1. The first-order chi connectivity index (χ1) is 14.6. The Morgan fingerprint density at radius 1 is 1.00 bits per heavy atom. The van der Waals surface area contributed by atoms with E-state index in [9.17, 15) is 4.79 Å². The quantitative estimate of drug-likeness (QED) is 0.618. The van der Waals surface area contributed by atoms with Crippen LogP contribution in [0.1, 0.15) is 41.4 Å². The van der Waals surface area contributed by atoms with Gasteiger partial charge in [-0.3, -0.25) is 9.69 Å².